The molecule has 2 aromatic carbocycles. The third-order valence-electron chi connectivity index (χ3n) is 8.02. The number of aryl methyl sites for hydroxylation is 2. The van der Waals surface area contributed by atoms with E-state index < -0.39 is 5.60 Å². The summed E-state index contributed by atoms with van der Waals surface area (Å²) >= 11 is 0. The number of benzene rings is 2. The molecule has 0 amide bonds. The molecule has 8 nitrogen and oxygen atoms in total. The predicted octanol–water partition coefficient (Wildman–Crippen LogP) is 5.55. The molecule has 3 aromatic heterocycles. The third-order valence-corrected chi connectivity index (χ3v) is 8.02. The van der Waals surface area contributed by atoms with E-state index in [1.165, 1.54) is 5.56 Å². The minimum absolute atomic E-state index is 0.0175. The lowest BCUT2D eigenvalue weighted by Gasteiger charge is -2.33. The summed E-state index contributed by atoms with van der Waals surface area (Å²) in [5, 5.41) is 20.6. The second-order valence-corrected chi connectivity index (χ2v) is 11.0. The first-order valence-corrected chi connectivity index (χ1v) is 13.5. The van der Waals surface area contributed by atoms with E-state index in [4.69, 9.17) is 14.5 Å². The Balaban J connectivity index is 1.75. The van der Waals surface area contributed by atoms with E-state index >= 15 is 0 Å². The number of hydrogen-bond acceptors (Lipinski definition) is 6. The number of aromatic nitrogens is 5. The van der Waals surface area contributed by atoms with Gasteiger partial charge in [0.2, 0.25) is 0 Å². The Bertz CT molecular complexity index is 1620. The first kappa shape index (κ1) is 25.5. The Labute approximate surface area is 228 Å². The van der Waals surface area contributed by atoms with Crippen LogP contribution in [0.15, 0.2) is 54.7 Å². The normalized spacial score (nSPS) is 15.7. The number of methoxy groups -OCH3 is 1. The number of ether oxygens (including phenoxy) is 2. The van der Waals surface area contributed by atoms with Gasteiger partial charge in [-0.3, -0.25) is 4.98 Å². The van der Waals surface area contributed by atoms with Gasteiger partial charge in [-0.2, -0.15) is 0 Å². The lowest BCUT2D eigenvalue weighted by Crippen LogP contribution is -2.27. The van der Waals surface area contributed by atoms with Gasteiger partial charge in [0, 0.05) is 43.0 Å². The maximum absolute atomic E-state index is 11.1. The van der Waals surface area contributed by atoms with Crippen molar-refractivity contribution in [2.45, 2.75) is 45.3 Å². The summed E-state index contributed by atoms with van der Waals surface area (Å²) in [7, 11) is 3.59. The topological polar surface area (TPSA) is 87.2 Å². The highest BCUT2D eigenvalue weighted by Crippen LogP contribution is 2.46. The highest BCUT2D eigenvalue weighted by molar-refractivity contribution is 6.09. The maximum atomic E-state index is 11.1. The molecule has 1 aliphatic heterocycles. The van der Waals surface area contributed by atoms with Crippen molar-refractivity contribution in [3.05, 3.63) is 71.5 Å². The van der Waals surface area contributed by atoms with Crippen molar-refractivity contribution in [1.29, 1.82) is 0 Å². The molecule has 0 radical (unpaired) electrons. The van der Waals surface area contributed by atoms with Crippen molar-refractivity contribution >= 4 is 21.9 Å². The fourth-order valence-corrected chi connectivity index (χ4v) is 6.24. The summed E-state index contributed by atoms with van der Waals surface area (Å²) < 4.78 is 16.1. The number of nitrogens with zero attached hydrogens (tertiary/aromatic N) is 5. The molecule has 202 valence electrons. The minimum Gasteiger partial charge on any atom is -0.494 e. The summed E-state index contributed by atoms with van der Waals surface area (Å²) in [6, 6.07) is 16.9. The summed E-state index contributed by atoms with van der Waals surface area (Å²) in [4.78, 5) is 5.02. The number of rotatable bonds is 6. The minimum atomic E-state index is -1.09. The predicted molar refractivity (Wildman–Crippen MR) is 152 cm³/mol. The smallest absolute Gasteiger partial charge is 0.149 e. The lowest BCUT2D eigenvalue weighted by atomic mass is 9.86. The van der Waals surface area contributed by atoms with Crippen LogP contribution in [-0.4, -0.2) is 50.0 Å². The largest absolute Gasteiger partial charge is 0.494 e. The molecule has 1 aliphatic rings. The maximum Gasteiger partial charge on any atom is 0.149 e. The van der Waals surface area contributed by atoms with E-state index in [0.717, 1.165) is 70.5 Å². The van der Waals surface area contributed by atoms with E-state index in [9.17, 15) is 5.11 Å². The molecule has 4 heterocycles. The summed E-state index contributed by atoms with van der Waals surface area (Å²) in [5.74, 6) is 1.02. The molecule has 1 atom stereocenters. The van der Waals surface area contributed by atoms with E-state index in [-0.39, 0.29) is 6.04 Å². The van der Waals surface area contributed by atoms with Crippen LogP contribution in [-0.2, 0) is 17.4 Å². The molecule has 1 saturated heterocycles. The fourth-order valence-electron chi connectivity index (χ4n) is 6.24. The number of hydrogen-bond donors (Lipinski definition) is 1. The van der Waals surface area contributed by atoms with Gasteiger partial charge in [0.1, 0.15) is 5.75 Å². The molecule has 8 heteroatoms. The molecule has 0 aliphatic carbocycles. The van der Waals surface area contributed by atoms with Crippen LogP contribution in [0, 0.1) is 12.8 Å². The van der Waals surface area contributed by atoms with Crippen LogP contribution in [0.4, 0.5) is 0 Å². The quantitative estimate of drug-likeness (QED) is 0.313. The van der Waals surface area contributed by atoms with Crippen LogP contribution in [0.25, 0.3) is 33.2 Å². The Morgan fingerprint density at radius 3 is 2.49 bits per heavy atom. The Kier molecular flexibility index (Phi) is 6.40. The zero-order chi connectivity index (χ0) is 27.3. The van der Waals surface area contributed by atoms with Gasteiger partial charge in [-0.25, -0.2) is 4.68 Å². The van der Waals surface area contributed by atoms with Crippen molar-refractivity contribution in [2.75, 3.05) is 20.3 Å². The van der Waals surface area contributed by atoms with E-state index in [1.807, 2.05) is 26.2 Å². The van der Waals surface area contributed by atoms with Crippen LogP contribution in [0.5, 0.6) is 5.75 Å². The van der Waals surface area contributed by atoms with Gasteiger partial charge in [-0.05, 0) is 57.2 Å². The van der Waals surface area contributed by atoms with Crippen molar-refractivity contribution in [3.8, 4) is 17.0 Å². The van der Waals surface area contributed by atoms with Gasteiger partial charge in [-0.15, -0.1) is 5.10 Å². The third kappa shape index (κ3) is 4.28. The monoisotopic (exact) mass is 525 g/mol. The van der Waals surface area contributed by atoms with Crippen molar-refractivity contribution in [3.63, 3.8) is 0 Å². The molecule has 0 bridgehead atoms. The molecular weight excluding hydrogens is 490 g/mol. The van der Waals surface area contributed by atoms with Gasteiger partial charge in [0.25, 0.3) is 0 Å². The van der Waals surface area contributed by atoms with Crippen LogP contribution in [0.2, 0.25) is 0 Å². The Morgan fingerprint density at radius 1 is 1.10 bits per heavy atom. The molecule has 0 spiro atoms. The van der Waals surface area contributed by atoms with E-state index in [1.54, 1.807) is 25.6 Å². The first-order chi connectivity index (χ1) is 18.8. The summed E-state index contributed by atoms with van der Waals surface area (Å²) in [6.45, 7) is 7.04. The fraction of sp³-hybridized carbons (Fsp3) is 0.387. The molecule has 1 fully saturated rings. The summed E-state index contributed by atoms with van der Waals surface area (Å²) in [6.07, 6.45) is 3.80. The molecule has 5 aromatic rings. The average molecular weight is 526 g/mol. The van der Waals surface area contributed by atoms with E-state index in [2.05, 4.69) is 57.3 Å². The van der Waals surface area contributed by atoms with Gasteiger partial charge in [0.05, 0.1) is 46.7 Å². The summed E-state index contributed by atoms with van der Waals surface area (Å²) in [5.41, 5.74) is 6.48. The molecule has 1 N–H and O–H groups in total. The lowest BCUT2D eigenvalue weighted by molar-refractivity contribution is 0.0552. The first-order valence-electron chi connectivity index (χ1n) is 13.5. The SMILES string of the molecule is COc1c(C(C)(C)O)ccc2c3ncc(-c4c(C)nnn4C)cc3n([C@H](c3ccccc3)C3CCOCC3)c12. The van der Waals surface area contributed by atoms with Gasteiger partial charge in [0.15, 0.2) is 0 Å². The van der Waals surface area contributed by atoms with Crippen LogP contribution in [0.1, 0.15) is 49.6 Å². The van der Waals surface area contributed by atoms with E-state index in [0.29, 0.717) is 11.7 Å². The number of aliphatic hydroxyl groups is 1. The zero-order valence-corrected chi connectivity index (χ0v) is 23.2. The van der Waals surface area contributed by atoms with Crippen molar-refractivity contribution < 1.29 is 14.6 Å². The Morgan fingerprint density at radius 2 is 1.85 bits per heavy atom. The second-order valence-electron chi connectivity index (χ2n) is 11.0. The van der Waals surface area contributed by atoms with Crippen LogP contribution < -0.4 is 4.74 Å². The van der Waals surface area contributed by atoms with Gasteiger partial charge >= 0.3 is 0 Å². The standard InChI is InChI=1S/C31H35N5O3/c1-19-27(35(4)34-33-19)22-17-25-26(32-18-22)23-11-12-24(31(2,3)37)30(38-5)29(23)36(25)28(20-9-7-6-8-10-20)21-13-15-39-16-14-21/h6-12,17-18,21,28,37H,13-16H2,1-5H3/t28-/m1/s1. The highest BCUT2D eigenvalue weighted by Gasteiger charge is 2.33. The molecule has 39 heavy (non-hydrogen) atoms. The molecular formula is C31H35N5O3. The van der Waals surface area contributed by atoms with Crippen molar-refractivity contribution in [1.82, 2.24) is 24.5 Å². The van der Waals surface area contributed by atoms with Crippen LogP contribution >= 0.6 is 0 Å². The van der Waals surface area contributed by atoms with Crippen molar-refractivity contribution in [2.24, 2.45) is 13.0 Å². The number of pyridine rings is 1. The highest BCUT2D eigenvalue weighted by atomic mass is 16.5. The zero-order valence-electron chi connectivity index (χ0n) is 23.2. The molecule has 0 saturated carbocycles. The Hall–Kier alpha value is -3.75. The van der Waals surface area contributed by atoms with Gasteiger partial charge < -0.3 is 19.1 Å². The van der Waals surface area contributed by atoms with Crippen LogP contribution in [0.3, 0.4) is 0 Å². The average Bonchev–Trinajstić information content (AvgIpc) is 3.45. The molecule has 0 unspecified atom stereocenters. The second kappa shape index (κ2) is 9.77. The van der Waals surface area contributed by atoms with Gasteiger partial charge in [-0.1, -0.05) is 41.6 Å². The molecule has 6 rings (SSSR count). The number of fused-ring (bicyclic) bond motifs is 3.